The van der Waals surface area contributed by atoms with Crippen LogP contribution in [0, 0.1) is 11.6 Å². The number of anilines is 6. The van der Waals surface area contributed by atoms with Crippen LogP contribution in [0.25, 0.3) is 0 Å². The van der Waals surface area contributed by atoms with Crippen LogP contribution in [-0.2, 0) is 4.74 Å². The smallest absolute Gasteiger partial charge is 0.412 e. The number of ether oxygens (including phenoxy) is 4. The number of halogens is 2. The zero-order chi connectivity index (χ0) is 72.2. The predicted octanol–water partition coefficient (Wildman–Crippen LogP) is 13.1. The topological polar surface area (TPSA) is 373 Å². The Balaban J connectivity index is 0.000000211. The predicted molar refractivity (Wildman–Crippen MR) is 367 cm³/mol. The molecule has 0 aliphatic carbocycles. The molecule has 3 heterocycles. The SMILES string of the molecule is CC(C)(C)OC(=O)Nc1ccccc1N.CCOc1ccc(OC)c(F)c1C(=O)c1ccc(C(=O)O)cc1.COc1ccc(O)c(C(=O)c2ccc(C(=O)Nc3ccccc3NC(=O)c3ccncc3)cc2)c1F.Nc1ccccc1NC(=O)c1ccncc1.O=C(O)c1ccncc1. The molecule has 0 atom stereocenters. The van der Waals surface area contributed by atoms with Gasteiger partial charge in [-0.3, -0.25) is 44.2 Å². The van der Waals surface area contributed by atoms with Gasteiger partial charge in [-0.2, -0.15) is 0 Å². The number of rotatable bonds is 17. The number of pyridine rings is 3. The number of phenolic OH excluding ortho intramolecular Hbond substituents is 1. The number of ketones is 2. The maximum atomic E-state index is 14.6. The minimum atomic E-state index is -1.11. The van der Waals surface area contributed by atoms with E-state index >= 15 is 0 Å². The lowest BCUT2D eigenvalue weighted by molar-refractivity contribution is 0.0632. The van der Waals surface area contributed by atoms with E-state index in [2.05, 4.69) is 36.2 Å². The van der Waals surface area contributed by atoms with Gasteiger partial charge in [-0.1, -0.05) is 60.7 Å². The van der Waals surface area contributed by atoms with E-state index in [4.69, 9.17) is 40.6 Å². The summed E-state index contributed by atoms with van der Waals surface area (Å²) in [6.07, 6.45) is 8.54. The van der Waals surface area contributed by atoms with E-state index in [0.717, 1.165) is 0 Å². The summed E-state index contributed by atoms with van der Waals surface area (Å²) in [5, 5.41) is 38.0. The summed E-state index contributed by atoms with van der Waals surface area (Å²) >= 11 is 0. The maximum absolute atomic E-state index is 14.6. The van der Waals surface area contributed by atoms with Gasteiger partial charge in [-0.25, -0.2) is 23.2 Å². The Hall–Kier alpha value is -13.4. The Morgan fingerprint density at radius 3 is 1.14 bits per heavy atom. The number of nitrogens with zero attached hydrogens (tertiary/aromatic N) is 3. The zero-order valence-electron chi connectivity index (χ0n) is 54.0. The van der Waals surface area contributed by atoms with Crippen molar-refractivity contribution in [1.82, 2.24) is 15.0 Å². The second-order valence-corrected chi connectivity index (χ2v) is 21.2. The molecule has 4 amide bonds. The van der Waals surface area contributed by atoms with E-state index in [1.165, 1.54) is 124 Å². The molecular formula is C73H67F2N9O15. The van der Waals surface area contributed by atoms with Gasteiger partial charge in [-0.15, -0.1) is 0 Å². The Bertz CT molecular complexity index is 4450. The van der Waals surface area contributed by atoms with E-state index in [1.54, 1.807) is 125 Å². The molecule has 0 bridgehead atoms. The zero-order valence-corrected chi connectivity index (χ0v) is 54.0. The lowest BCUT2D eigenvalue weighted by Gasteiger charge is -2.20. The molecule has 0 fully saturated rings. The molecule has 24 nitrogen and oxygen atoms in total. The number of nitrogens with two attached hydrogens (primary N) is 2. The van der Waals surface area contributed by atoms with Crippen LogP contribution in [0.1, 0.15) is 111 Å². The van der Waals surface area contributed by atoms with E-state index in [9.17, 15) is 52.2 Å². The number of amides is 4. The van der Waals surface area contributed by atoms with Crippen LogP contribution in [0.3, 0.4) is 0 Å². The first kappa shape index (κ1) is 74.6. The highest BCUT2D eigenvalue weighted by molar-refractivity contribution is 6.14. The van der Waals surface area contributed by atoms with Crippen LogP contribution < -0.4 is 46.9 Å². The number of carbonyl (C=O) groups excluding carboxylic acids is 6. The fraction of sp³-hybridized carbons (Fsp3) is 0.110. The van der Waals surface area contributed by atoms with Crippen LogP contribution in [0.4, 0.5) is 47.7 Å². The normalized spacial score (nSPS) is 10.2. The first-order valence-corrected chi connectivity index (χ1v) is 29.6. The number of hydrogen-bond donors (Lipinski definition) is 9. The van der Waals surface area contributed by atoms with Gasteiger partial charge >= 0.3 is 18.0 Å². The molecule has 0 spiro atoms. The van der Waals surface area contributed by atoms with Crippen LogP contribution in [-0.4, -0.2) is 104 Å². The van der Waals surface area contributed by atoms with Crippen molar-refractivity contribution >= 4 is 81.4 Å². The van der Waals surface area contributed by atoms with Gasteiger partial charge < -0.3 is 61.7 Å². The van der Waals surface area contributed by atoms with Crippen molar-refractivity contribution in [2.75, 3.05) is 53.6 Å². The van der Waals surface area contributed by atoms with Crippen molar-refractivity contribution in [3.8, 4) is 23.0 Å². The standard InChI is InChI=1S/C27H20FN3O5.C17H15FO5.C12H11N3O.C11H16N2O2.C6H5NO2/c1-36-22-11-10-21(32)23(24(22)28)25(33)16-6-8-17(9-7-16)26(34)30-19-4-2-3-5-20(19)31-27(35)18-12-14-29-15-13-18;1-3-23-12-8-9-13(22-2)15(18)14(12)16(19)10-4-6-11(7-5-10)17(20)21;13-10-3-1-2-4-11(10)15-12(16)9-5-7-14-8-6-9;1-11(2,3)15-10(14)13-9-7-5-4-6-8(9)12;8-6(9)5-1-3-7-4-2-5/h2-15,32H,1H3,(H,30,34)(H,31,35);4-9H,3H2,1-2H3,(H,20,21);1-8H,13H2,(H,15,16);4-7H,12H2,1-3H3,(H,13,14);1-4H,(H,8,9). The van der Waals surface area contributed by atoms with Crippen molar-refractivity contribution in [3.63, 3.8) is 0 Å². The molecule has 0 saturated carbocycles. The van der Waals surface area contributed by atoms with Crippen LogP contribution >= 0.6 is 0 Å². The number of aromatic hydroxyl groups is 1. The fourth-order valence-corrected chi connectivity index (χ4v) is 8.35. The van der Waals surface area contributed by atoms with Crippen molar-refractivity contribution in [2.24, 2.45) is 0 Å². The Kier molecular flexibility index (Phi) is 27.4. The second kappa shape index (κ2) is 36.3. The number of hydrogen-bond acceptors (Lipinski definition) is 18. The summed E-state index contributed by atoms with van der Waals surface area (Å²) in [7, 11) is 2.55. The number of carboxylic acid groups (broad SMARTS) is 2. The number of carbonyl (C=O) groups is 8. The van der Waals surface area contributed by atoms with Gasteiger partial charge in [0.15, 0.2) is 34.7 Å². The van der Waals surface area contributed by atoms with Crippen LogP contribution in [0.2, 0.25) is 0 Å². The highest BCUT2D eigenvalue weighted by Crippen LogP contribution is 2.33. The van der Waals surface area contributed by atoms with Crippen LogP contribution in [0.5, 0.6) is 23.0 Å². The Morgan fingerprint density at radius 1 is 0.424 bits per heavy atom. The molecule has 0 saturated heterocycles. The Labute approximate surface area is 566 Å². The third kappa shape index (κ3) is 22.1. The molecule has 26 heteroatoms. The molecule has 0 aliphatic rings. The average molecular weight is 1350 g/mol. The number of carboxylic acids is 2. The lowest BCUT2D eigenvalue weighted by atomic mass is 10.00. The second-order valence-electron chi connectivity index (χ2n) is 21.2. The van der Waals surface area contributed by atoms with Gasteiger partial charge in [0.1, 0.15) is 28.2 Å². The minimum absolute atomic E-state index is 0.0395. The third-order valence-corrected chi connectivity index (χ3v) is 13.2. The molecule has 7 aromatic carbocycles. The van der Waals surface area contributed by atoms with E-state index in [0.29, 0.717) is 45.3 Å². The molecule has 11 N–H and O–H groups in total. The number of nitrogen functional groups attached to an aromatic ring is 2. The average Bonchev–Trinajstić information content (AvgIpc) is 0.806. The summed E-state index contributed by atoms with van der Waals surface area (Å²) in [6.45, 7) is 7.41. The van der Waals surface area contributed by atoms with Crippen molar-refractivity contribution in [1.29, 1.82) is 0 Å². The fourth-order valence-electron chi connectivity index (χ4n) is 8.35. The number of para-hydroxylation sites is 6. The summed E-state index contributed by atoms with van der Waals surface area (Å²) < 4.78 is 49.2. The van der Waals surface area contributed by atoms with Gasteiger partial charge in [0.2, 0.25) is 0 Å². The van der Waals surface area contributed by atoms with Gasteiger partial charge in [0.05, 0.1) is 66.1 Å². The maximum Gasteiger partial charge on any atom is 0.412 e. The molecule has 10 aromatic rings. The minimum Gasteiger partial charge on any atom is -0.507 e. The number of methoxy groups -OCH3 is 2. The molecule has 0 radical (unpaired) electrons. The molecule has 99 heavy (non-hydrogen) atoms. The van der Waals surface area contributed by atoms with Gasteiger partial charge in [-0.05, 0) is 149 Å². The number of nitrogens with one attached hydrogen (secondary N) is 4. The third-order valence-electron chi connectivity index (χ3n) is 13.2. The van der Waals surface area contributed by atoms with Crippen molar-refractivity contribution in [2.45, 2.75) is 33.3 Å². The van der Waals surface area contributed by atoms with Gasteiger partial charge in [0.25, 0.3) is 17.7 Å². The monoisotopic (exact) mass is 1350 g/mol. The summed E-state index contributed by atoms with van der Waals surface area (Å²) in [5.74, 6) is -6.90. The molecule has 508 valence electrons. The first-order valence-electron chi connectivity index (χ1n) is 29.6. The van der Waals surface area contributed by atoms with E-state index in [1.807, 2.05) is 12.1 Å². The van der Waals surface area contributed by atoms with E-state index < -0.39 is 64.1 Å². The number of benzene rings is 7. The van der Waals surface area contributed by atoms with Gasteiger partial charge in [0, 0.05) is 65.0 Å². The quantitative estimate of drug-likeness (QED) is 0.0302. The Morgan fingerprint density at radius 2 is 0.747 bits per heavy atom. The highest BCUT2D eigenvalue weighted by Gasteiger charge is 2.25. The highest BCUT2D eigenvalue weighted by atomic mass is 19.1. The largest absolute Gasteiger partial charge is 0.507 e. The van der Waals surface area contributed by atoms with Crippen LogP contribution in [0.15, 0.2) is 219 Å². The first-order chi connectivity index (χ1) is 47.3. The summed E-state index contributed by atoms with van der Waals surface area (Å²) in [6, 6.07) is 46.1. The summed E-state index contributed by atoms with van der Waals surface area (Å²) in [5.41, 5.74) is 14.8. The lowest BCUT2D eigenvalue weighted by Crippen LogP contribution is -2.27. The van der Waals surface area contributed by atoms with E-state index in [-0.39, 0.29) is 69.1 Å². The molecule has 0 aliphatic heterocycles. The number of aromatic carboxylic acids is 2. The van der Waals surface area contributed by atoms with Crippen molar-refractivity contribution in [3.05, 3.63) is 281 Å². The molecular weight excluding hydrogens is 1280 g/mol. The summed E-state index contributed by atoms with van der Waals surface area (Å²) in [4.78, 5) is 106. The molecule has 0 unspecified atom stereocenters. The number of phenols is 1. The van der Waals surface area contributed by atoms with Crippen molar-refractivity contribution < 1.29 is 81.4 Å². The molecule has 3 aromatic heterocycles. The molecule has 10 rings (SSSR count). The number of aromatic nitrogens is 3.